The van der Waals surface area contributed by atoms with Gasteiger partial charge in [0.05, 0.1) is 13.2 Å². The molecule has 0 radical (unpaired) electrons. The van der Waals surface area contributed by atoms with Crippen LogP contribution in [0, 0.1) is 5.92 Å². The van der Waals surface area contributed by atoms with Crippen LogP contribution in [0.25, 0.3) is 10.8 Å². The van der Waals surface area contributed by atoms with Gasteiger partial charge in [-0.25, -0.2) is 8.42 Å². The molecule has 2 aliphatic heterocycles. The van der Waals surface area contributed by atoms with Crippen LogP contribution < -0.4 is 15.5 Å². The van der Waals surface area contributed by atoms with Crippen LogP contribution in [0.5, 0.6) is 0 Å². The summed E-state index contributed by atoms with van der Waals surface area (Å²) in [6.45, 7) is 0.556. The molecule has 0 aromatic heterocycles. The summed E-state index contributed by atoms with van der Waals surface area (Å²) in [7, 11) is -5.49. The first-order chi connectivity index (χ1) is 16.7. The van der Waals surface area contributed by atoms with Crippen molar-refractivity contribution in [3.63, 3.8) is 0 Å². The highest BCUT2D eigenvalue weighted by Gasteiger charge is 2.51. The third-order valence-corrected chi connectivity index (χ3v) is 9.11. The Balaban J connectivity index is 1.61. The maximum absolute atomic E-state index is 13.8. The van der Waals surface area contributed by atoms with Crippen LogP contribution in [0.2, 0.25) is 0 Å². The van der Waals surface area contributed by atoms with Gasteiger partial charge in [0.2, 0.25) is 0 Å². The first-order valence-corrected chi connectivity index (χ1v) is 13.7. The second kappa shape index (κ2) is 9.54. The van der Waals surface area contributed by atoms with Gasteiger partial charge in [-0.3, -0.25) is 0 Å². The molecule has 2 heterocycles. The van der Waals surface area contributed by atoms with Crippen molar-refractivity contribution in [2.24, 2.45) is 5.92 Å². The SMILES string of the molecule is O=S(=O)(N1Cc2c(ccc3ccccc23)N(CC2=CNCN2)[C@@H](CCC2CCCC2)C1)C(F)(F)F. The van der Waals surface area contributed by atoms with Gasteiger partial charge in [0.1, 0.15) is 0 Å². The Morgan fingerprint density at radius 3 is 2.51 bits per heavy atom. The third kappa shape index (κ3) is 4.82. The van der Waals surface area contributed by atoms with Crippen LogP contribution in [0.3, 0.4) is 0 Å². The molecule has 6 nitrogen and oxygen atoms in total. The molecule has 5 rings (SSSR count). The summed E-state index contributed by atoms with van der Waals surface area (Å²) in [4.78, 5) is 2.12. The molecule has 190 valence electrons. The molecule has 0 spiro atoms. The largest absolute Gasteiger partial charge is 0.511 e. The normalized spacial score (nSPS) is 22.0. The number of fused-ring (bicyclic) bond motifs is 3. The summed E-state index contributed by atoms with van der Waals surface area (Å²) in [6, 6.07) is 11.0. The highest BCUT2D eigenvalue weighted by atomic mass is 32.2. The van der Waals surface area contributed by atoms with Gasteiger partial charge in [-0.15, -0.1) is 0 Å². The number of halogens is 3. The monoisotopic (exact) mass is 508 g/mol. The van der Waals surface area contributed by atoms with Crippen LogP contribution in [0.1, 0.15) is 44.1 Å². The van der Waals surface area contributed by atoms with Crippen LogP contribution >= 0.6 is 0 Å². The standard InChI is InChI=1S/C25H31F3N4O2S/c26-25(27,28)35(33,34)31-15-21(11-9-18-5-1-2-6-18)32(14-20-13-29-17-30-20)24-12-10-19-7-3-4-8-22(19)23(24)16-31/h3-4,7-8,10,12-13,18,21,29-30H,1-2,5-6,9,11,14-17H2/t21-/m0/s1. The molecule has 10 heteroatoms. The zero-order chi connectivity index (χ0) is 24.6. The molecule has 3 aliphatic rings. The van der Waals surface area contributed by atoms with Gasteiger partial charge in [-0.2, -0.15) is 17.5 Å². The summed E-state index contributed by atoms with van der Waals surface area (Å²) < 4.78 is 67.3. The summed E-state index contributed by atoms with van der Waals surface area (Å²) in [5.74, 6) is 0.550. The van der Waals surface area contributed by atoms with Gasteiger partial charge >= 0.3 is 15.5 Å². The number of benzene rings is 2. The quantitative estimate of drug-likeness (QED) is 0.595. The maximum Gasteiger partial charge on any atom is 0.511 e. The fraction of sp³-hybridized carbons (Fsp3) is 0.520. The molecule has 0 unspecified atom stereocenters. The molecule has 0 amide bonds. The van der Waals surface area contributed by atoms with Gasteiger partial charge in [-0.1, -0.05) is 56.0 Å². The van der Waals surface area contributed by atoms with Crippen LogP contribution in [-0.4, -0.2) is 44.0 Å². The summed E-state index contributed by atoms with van der Waals surface area (Å²) >= 11 is 0. The molecule has 1 saturated carbocycles. The lowest BCUT2D eigenvalue weighted by Gasteiger charge is -2.35. The van der Waals surface area contributed by atoms with E-state index < -0.39 is 15.5 Å². The number of hydrogen-bond acceptors (Lipinski definition) is 5. The molecule has 0 saturated heterocycles. The van der Waals surface area contributed by atoms with Gasteiger partial charge in [0.15, 0.2) is 0 Å². The summed E-state index contributed by atoms with van der Waals surface area (Å²) in [5.41, 5.74) is -3.00. The second-order valence-corrected chi connectivity index (χ2v) is 11.7. The van der Waals surface area contributed by atoms with E-state index in [2.05, 4.69) is 15.5 Å². The molecule has 0 bridgehead atoms. The lowest BCUT2D eigenvalue weighted by Crippen LogP contribution is -2.48. The van der Waals surface area contributed by atoms with E-state index in [0.29, 0.717) is 35.4 Å². The van der Waals surface area contributed by atoms with Crippen molar-refractivity contribution < 1.29 is 21.6 Å². The van der Waals surface area contributed by atoms with Crippen molar-refractivity contribution in [3.8, 4) is 0 Å². The van der Waals surface area contributed by atoms with E-state index in [1.165, 1.54) is 12.8 Å². The van der Waals surface area contributed by atoms with Crippen LogP contribution in [0.4, 0.5) is 18.9 Å². The Labute approximate surface area is 204 Å². The zero-order valence-electron chi connectivity index (χ0n) is 19.5. The third-order valence-electron chi connectivity index (χ3n) is 7.56. The van der Waals surface area contributed by atoms with E-state index in [1.54, 1.807) is 0 Å². The van der Waals surface area contributed by atoms with Crippen molar-refractivity contribution in [1.29, 1.82) is 0 Å². The van der Waals surface area contributed by atoms with Crippen molar-refractivity contribution in [2.45, 2.75) is 56.6 Å². The average Bonchev–Trinajstić information content (AvgIpc) is 3.51. The molecule has 2 aromatic rings. The first kappa shape index (κ1) is 24.2. The number of sulfonamides is 1. The molecular formula is C25H31F3N4O2S. The van der Waals surface area contributed by atoms with E-state index in [9.17, 15) is 21.6 Å². The average molecular weight is 509 g/mol. The van der Waals surface area contributed by atoms with Gasteiger partial charge in [-0.05, 0) is 41.2 Å². The fourth-order valence-corrected chi connectivity index (χ4v) is 6.68. The van der Waals surface area contributed by atoms with Gasteiger partial charge in [0, 0.05) is 36.7 Å². The Hall–Kier alpha value is -2.46. The molecule has 1 fully saturated rings. The molecular weight excluding hydrogens is 477 g/mol. The highest BCUT2D eigenvalue weighted by molar-refractivity contribution is 7.89. The predicted octanol–water partition coefficient (Wildman–Crippen LogP) is 4.64. The predicted molar refractivity (Wildman–Crippen MR) is 131 cm³/mol. The smallest absolute Gasteiger partial charge is 0.372 e. The molecule has 1 atom stereocenters. The lowest BCUT2D eigenvalue weighted by molar-refractivity contribution is -0.0492. The molecule has 2 aromatic carbocycles. The van der Waals surface area contributed by atoms with E-state index >= 15 is 0 Å². The van der Waals surface area contributed by atoms with Crippen molar-refractivity contribution >= 4 is 26.5 Å². The van der Waals surface area contributed by atoms with Crippen molar-refractivity contribution in [3.05, 3.63) is 53.9 Å². The van der Waals surface area contributed by atoms with E-state index in [0.717, 1.165) is 41.4 Å². The number of anilines is 1. The van der Waals surface area contributed by atoms with Crippen molar-refractivity contribution in [1.82, 2.24) is 14.9 Å². The fourth-order valence-electron chi connectivity index (χ4n) is 5.72. The number of rotatable bonds is 6. The summed E-state index contributed by atoms with van der Waals surface area (Å²) in [6.07, 6.45) is 8.04. The van der Waals surface area contributed by atoms with Crippen molar-refractivity contribution in [2.75, 3.05) is 24.7 Å². The van der Waals surface area contributed by atoms with Gasteiger partial charge < -0.3 is 15.5 Å². The number of alkyl halides is 3. The molecule has 1 aliphatic carbocycles. The Bertz CT molecular complexity index is 1210. The maximum atomic E-state index is 13.8. The second-order valence-electron chi connectivity index (χ2n) is 9.76. The minimum atomic E-state index is -5.49. The van der Waals surface area contributed by atoms with Crippen LogP contribution in [0.15, 0.2) is 48.3 Å². The zero-order valence-corrected chi connectivity index (χ0v) is 20.3. The van der Waals surface area contributed by atoms with Gasteiger partial charge in [0.25, 0.3) is 0 Å². The summed E-state index contributed by atoms with van der Waals surface area (Å²) in [5, 5.41) is 8.05. The first-order valence-electron chi connectivity index (χ1n) is 12.2. The lowest BCUT2D eigenvalue weighted by atomic mass is 9.97. The molecule has 2 N–H and O–H groups in total. The highest BCUT2D eigenvalue weighted by Crippen LogP contribution is 2.39. The Morgan fingerprint density at radius 1 is 1.03 bits per heavy atom. The van der Waals surface area contributed by atoms with E-state index in [-0.39, 0.29) is 19.1 Å². The van der Waals surface area contributed by atoms with E-state index in [4.69, 9.17) is 0 Å². The Kier molecular flexibility index (Phi) is 6.61. The van der Waals surface area contributed by atoms with E-state index in [1.807, 2.05) is 42.6 Å². The topological polar surface area (TPSA) is 64.7 Å². The number of nitrogens with one attached hydrogen (secondary N) is 2. The minimum absolute atomic E-state index is 0.196. The molecule has 35 heavy (non-hydrogen) atoms. The minimum Gasteiger partial charge on any atom is -0.372 e. The number of hydrogen-bond donors (Lipinski definition) is 2. The van der Waals surface area contributed by atoms with Crippen LogP contribution in [-0.2, 0) is 16.6 Å². The Morgan fingerprint density at radius 2 is 1.80 bits per heavy atom. The number of nitrogens with zero attached hydrogens (tertiary/aromatic N) is 2.